The lowest BCUT2D eigenvalue weighted by atomic mass is 10.2. The highest BCUT2D eigenvalue weighted by Crippen LogP contribution is 2.32. The highest BCUT2D eigenvalue weighted by Gasteiger charge is 2.16. The van der Waals surface area contributed by atoms with Crippen LogP contribution < -0.4 is 19.5 Å². The Kier molecular flexibility index (Phi) is 6.65. The van der Waals surface area contributed by atoms with Gasteiger partial charge in [-0.2, -0.15) is 8.78 Å². The fraction of sp³-hybridized carbons (Fsp3) is 0.350. The predicted molar refractivity (Wildman–Crippen MR) is 100 cm³/mol. The van der Waals surface area contributed by atoms with Crippen molar-refractivity contribution in [3.63, 3.8) is 0 Å². The molecule has 0 bridgehead atoms. The van der Waals surface area contributed by atoms with Crippen LogP contribution in [0.4, 0.5) is 14.5 Å². The molecule has 0 spiro atoms. The third kappa shape index (κ3) is 5.32. The number of alkyl halides is 2. The van der Waals surface area contributed by atoms with Gasteiger partial charge in [0.05, 0.1) is 6.54 Å². The summed E-state index contributed by atoms with van der Waals surface area (Å²) in [7, 11) is 0. The van der Waals surface area contributed by atoms with E-state index < -0.39 is 6.61 Å². The molecule has 0 aromatic heterocycles. The van der Waals surface area contributed by atoms with Gasteiger partial charge in [0.2, 0.25) is 5.91 Å². The summed E-state index contributed by atoms with van der Waals surface area (Å²) in [4.78, 5) is 14.3. The van der Waals surface area contributed by atoms with Gasteiger partial charge >= 0.3 is 6.61 Å². The highest BCUT2D eigenvalue weighted by atomic mass is 19.3. The Bertz CT molecular complexity index is 817. The van der Waals surface area contributed by atoms with Crippen molar-refractivity contribution in [2.75, 3.05) is 31.6 Å². The quantitative estimate of drug-likeness (QED) is 0.745. The molecule has 1 N–H and O–H groups in total. The van der Waals surface area contributed by atoms with Crippen LogP contribution in [0.15, 0.2) is 42.5 Å². The van der Waals surface area contributed by atoms with Crippen LogP contribution in [0.3, 0.4) is 0 Å². The molecule has 2 aromatic rings. The van der Waals surface area contributed by atoms with Crippen molar-refractivity contribution in [3.8, 4) is 17.2 Å². The van der Waals surface area contributed by atoms with E-state index in [1.807, 2.05) is 11.8 Å². The van der Waals surface area contributed by atoms with Gasteiger partial charge in [-0.3, -0.25) is 9.69 Å². The molecule has 6 nitrogen and oxygen atoms in total. The number of ether oxygens (including phenoxy) is 3. The van der Waals surface area contributed by atoms with Crippen LogP contribution in [-0.4, -0.2) is 43.7 Å². The minimum atomic E-state index is -2.89. The van der Waals surface area contributed by atoms with Gasteiger partial charge in [0.1, 0.15) is 19.0 Å². The molecule has 1 aliphatic rings. The van der Waals surface area contributed by atoms with Gasteiger partial charge in [-0.1, -0.05) is 25.1 Å². The zero-order valence-electron chi connectivity index (χ0n) is 15.5. The van der Waals surface area contributed by atoms with E-state index in [1.165, 1.54) is 6.07 Å². The van der Waals surface area contributed by atoms with E-state index in [0.29, 0.717) is 49.1 Å². The summed E-state index contributed by atoms with van der Waals surface area (Å²) >= 11 is 0. The van der Waals surface area contributed by atoms with Crippen molar-refractivity contribution in [2.45, 2.75) is 20.1 Å². The first-order valence-electron chi connectivity index (χ1n) is 8.99. The van der Waals surface area contributed by atoms with E-state index in [2.05, 4.69) is 10.1 Å². The summed E-state index contributed by atoms with van der Waals surface area (Å²) in [6.45, 7) is 0.956. The van der Waals surface area contributed by atoms with E-state index in [1.54, 1.807) is 36.4 Å². The zero-order chi connectivity index (χ0) is 19.9. The van der Waals surface area contributed by atoms with Crippen LogP contribution in [0, 0.1) is 0 Å². The van der Waals surface area contributed by atoms with Gasteiger partial charge in [-0.25, -0.2) is 0 Å². The lowest BCUT2D eigenvalue weighted by Gasteiger charge is -2.22. The smallest absolute Gasteiger partial charge is 0.387 e. The molecule has 0 radical (unpaired) electrons. The van der Waals surface area contributed by atoms with Crippen LogP contribution in [0.5, 0.6) is 17.2 Å². The molecule has 1 heterocycles. The van der Waals surface area contributed by atoms with Gasteiger partial charge in [0.15, 0.2) is 11.5 Å². The van der Waals surface area contributed by atoms with Crippen LogP contribution in [0.2, 0.25) is 0 Å². The lowest BCUT2D eigenvalue weighted by Crippen LogP contribution is -2.33. The summed E-state index contributed by atoms with van der Waals surface area (Å²) in [5, 5.41) is 2.82. The third-order valence-corrected chi connectivity index (χ3v) is 4.22. The molecule has 150 valence electrons. The Morgan fingerprint density at radius 3 is 2.68 bits per heavy atom. The summed E-state index contributed by atoms with van der Waals surface area (Å²) in [5.74, 6) is 1.14. The number of amides is 1. The predicted octanol–water partition coefficient (Wildman–Crippen LogP) is 3.52. The number of hydrogen-bond acceptors (Lipinski definition) is 5. The molecule has 0 fully saturated rings. The topological polar surface area (TPSA) is 60.0 Å². The monoisotopic (exact) mass is 392 g/mol. The van der Waals surface area contributed by atoms with Gasteiger partial charge in [0, 0.05) is 23.9 Å². The largest absolute Gasteiger partial charge is 0.486 e. The number of rotatable bonds is 8. The van der Waals surface area contributed by atoms with Crippen molar-refractivity contribution in [1.29, 1.82) is 0 Å². The summed E-state index contributed by atoms with van der Waals surface area (Å²) in [6, 6.07) is 11.8. The number of carbonyl (C=O) groups excluding carboxylic acids is 1. The van der Waals surface area contributed by atoms with E-state index in [-0.39, 0.29) is 18.2 Å². The van der Waals surface area contributed by atoms with Crippen molar-refractivity contribution in [1.82, 2.24) is 4.90 Å². The summed E-state index contributed by atoms with van der Waals surface area (Å²) in [5.41, 5.74) is 1.20. The molecule has 0 atom stereocenters. The first-order chi connectivity index (χ1) is 13.5. The molecule has 0 unspecified atom stereocenters. The van der Waals surface area contributed by atoms with Crippen molar-refractivity contribution in [3.05, 3.63) is 48.0 Å². The van der Waals surface area contributed by atoms with Crippen LogP contribution in [-0.2, 0) is 11.3 Å². The minimum Gasteiger partial charge on any atom is -0.486 e. The zero-order valence-corrected chi connectivity index (χ0v) is 15.5. The molecular weight excluding hydrogens is 370 g/mol. The molecule has 28 heavy (non-hydrogen) atoms. The standard InChI is InChI=1S/C20H22F2N2O4/c1-2-24(12-14-5-3-4-6-16(14)28-20(21)22)13-19(25)23-15-7-8-17-18(11-15)27-10-9-26-17/h3-8,11,20H,2,9-10,12-13H2,1H3,(H,23,25). The number of benzene rings is 2. The molecular formula is C20H22F2N2O4. The first kappa shape index (κ1) is 19.9. The maximum absolute atomic E-state index is 12.6. The molecule has 0 saturated carbocycles. The third-order valence-electron chi connectivity index (χ3n) is 4.22. The summed E-state index contributed by atoms with van der Waals surface area (Å²) < 4.78 is 40.7. The van der Waals surface area contributed by atoms with Gasteiger partial charge in [-0.15, -0.1) is 0 Å². The average molecular weight is 392 g/mol. The Morgan fingerprint density at radius 2 is 1.93 bits per heavy atom. The normalized spacial score (nSPS) is 12.9. The number of para-hydroxylation sites is 1. The van der Waals surface area contributed by atoms with E-state index in [4.69, 9.17) is 9.47 Å². The number of nitrogens with zero attached hydrogens (tertiary/aromatic N) is 1. The van der Waals surface area contributed by atoms with E-state index in [0.717, 1.165) is 0 Å². The second kappa shape index (κ2) is 9.36. The maximum Gasteiger partial charge on any atom is 0.387 e. The second-order valence-electron chi connectivity index (χ2n) is 6.20. The van der Waals surface area contributed by atoms with Gasteiger partial charge < -0.3 is 19.5 Å². The van der Waals surface area contributed by atoms with Crippen LogP contribution >= 0.6 is 0 Å². The number of fused-ring (bicyclic) bond motifs is 1. The fourth-order valence-corrected chi connectivity index (χ4v) is 2.89. The average Bonchev–Trinajstić information content (AvgIpc) is 2.68. The van der Waals surface area contributed by atoms with Crippen molar-refractivity contribution < 1.29 is 27.8 Å². The molecule has 3 rings (SSSR count). The summed E-state index contributed by atoms with van der Waals surface area (Å²) in [6.07, 6.45) is 0. The van der Waals surface area contributed by atoms with E-state index >= 15 is 0 Å². The number of anilines is 1. The number of halogens is 2. The van der Waals surface area contributed by atoms with E-state index in [9.17, 15) is 13.6 Å². The highest BCUT2D eigenvalue weighted by molar-refractivity contribution is 5.92. The minimum absolute atomic E-state index is 0.105. The Hall–Kier alpha value is -2.87. The number of hydrogen-bond donors (Lipinski definition) is 1. The maximum atomic E-state index is 12.6. The first-order valence-corrected chi connectivity index (χ1v) is 8.99. The number of likely N-dealkylation sites (N-methyl/N-ethyl adjacent to an activating group) is 1. The van der Waals surface area contributed by atoms with Crippen molar-refractivity contribution in [2.24, 2.45) is 0 Å². The number of carbonyl (C=O) groups is 1. The fourth-order valence-electron chi connectivity index (χ4n) is 2.89. The van der Waals surface area contributed by atoms with Crippen LogP contribution in [0.25, 0.3) is 0 Å². The Balaban J connectivity index is 1.61. The van der Waals surface area contributed by atoms with Crippen molar-refractivity contribution >= 4 is 11.6 Å². The Morgan fingerprint density at radius 1 is 1.18 bits per heavy atom. The molecule has 0 saturated heterocycles. The molecule has 8 heteroatoms. The van der Waals surface area contributed by atoms with Gasteiger partial charge in [0.25, 0.3) is 0 Å². The van der Waals surface area contributed by atoms with Gasteiger partial charge in [-0.05, 0) is 24.7 Å². The lowest BCUT2D eigenvalue weighted by molar-refractivity contribution is -0.117. The second-order valence-corrected chi connectivity index (χ2v) is 6.20. The molecule has 0 aliphatic carbocycles. The molecule has 1 aliphatic heterocycles. The SMILES string of the molecule is CCN(CC(=O)Nc1ccc2c(c1)OCCO2)Cc1ccccc1OC(F)F. The van der Waals surface area contributed by atoms with Crippen LogP contribution in [0.1, 0.15) is 12.5 Å². The molecule has 2 aromatic carbocycles. The Labute approximate surface area is 162 Å². The molecule has 1 amide bonds. The number of nitrogens with one attached hydrogen (secondary N) is 1.